The summed E-state index contributed by atoms with van der Waals surface area (Å²) in [5.41, 5.74) is 3.21. The van der Waals surface area contributed by atoms with Gasteiger partial charge in [-0.1, -0.05) is 48.5 Å². The second-order valence-electron chi connectivity index (χ2n) is 7.21. The fraction of sp³-hybridized carbons (Fsp3) is 0.0800. The van der Waals surface area contributed by atoms with Gasteiger partial charge in [-0.2, -0.15) is 0 Å². The Morgan fingerprint density at radius 1 is 0.970 bits per heavy atom. The van der Waals surface area contributed by atoms with E-state index in [1.807, 2.05) is 56.3 Å². The molecule has 2 N–H and O–H groups in total. The highest BCUT2D eigenvalue weighted by atomic mass is 16.5. The minimum Gasteiger partial charge on any atom is -0.479 e. The smallest absolute Gasteiger partial charge is 0.312 e. The standard InChI is InChI=1S/C25H21N5O3/c1-16-13-17(2)28-25(27-16)26-15-21-24(32)33-23(30-21)20(14-18-9-5-3-6-10-18)29-22(31)19-11-7-4-8-12-19/h3-15,32H,1-2H3,(H,29,31)/b20-14-,26-15+. The average molecular weight is 439 g/mol. The van der Waals surface area contributed by atoms with Crippen molar-refractivity contribution in [1.82, 2.24) is 20.3 Å². The Morgan fingerprint density at radius 3 is 2.27 bits per heavy atom. The van der Waals surface area contributed by atoms with Gasteiger partial charge in [-0.05, 0) is 43.7 Å². The largest absolute Gasteiger partial charge is 0.479 e. The number of hydrogen-bond acceptors (Lipinski definition) is 7. The van der Waals surface area contributed by atoms with Crippen molar-refractivity contribution in [2.45, 2.75) is 13.8 Å². The lowest BCUT2D eigenvalue weighted by Gasteiger charge is -2.07. The number of nitrogens with one attached hydrogen (secondary N) is 1. The molecule has 0 saturated heterocycles. The Balaban J connectivity index is 1.66. The quantitative estimate of drug-likeness (QED) is 0.429. The molecule has 0 aliphatic carbocycles. The van der Waals surface area contributed by atoms with Crippen molar-refractivity contribution in [2.24, 2.45) is 4.99 Å². The van der Waals surface area contributed by atoms with Crippen LogP contribution in [0.1, 0.15) is 38.9 Å². The molecular weight excluding hydrogens is 418 g/mol. The van der Waals surface area contributed by atoms with Gasteiger partial charge in [0.1, 0.15) is 5.70 Å². The van der Waals surface area contributed by atoms with Crippen LogP contribution in [0.25, 0.3) is 11.8 Å². The van der Waals surface area contributed by atoms with E-state index in [2.05, 4.69) is 25.3 Å². The van der Waals surface area contributed by atoms with Crippen molar-refractivity contribution >= 4 is 29.8 Å². The summed E-state index contributed by atoms with van der Waals surface area (Å²) in [6.45, 7) is 3.69. The van der Waals surface area contributed by atoms with Crippen molar-refractivity contribution in [3.05, 3.63) is 101 Å². The summed E-state index contributed by atoms with van der Waals surface area (Å²) in [4.78, 5) is 29.7. The molecule has 1 amide bonds. The molecule has 0 aliphatic rings. The van der Waals surface area contributed by atoms with Crippen LogP contribution in [0.4, 0.5) is 5.95 Å². The number of rotatable bonds is 6. The topological polar surface area (TPSA) is 114 Å². The number of benzene rings is 2. The maximum atomic E-state index is 12.8. The Hall–Kier alpha value is -4.59. The molecule has 4 aromatic rings. The summed E-state index contributed by atoms with van der Waals surface area (Å²) in [5.74, 6) is -0.502. The molecule has 4 rings (SSSR count). The van der Waals surface area contributed by atoms with E-state index in [4.69, 9.17) is 4.42 Å². The zero-order valence-electron chi connectivity index (χ0n) is 18.1. The minimum atomic E-state index is -0.439. The van der Waals surface area contributed by atoms with E-state index in [1.54, 1.807) is 30.3 Å². The van der Waals surface area contributed by atoms with Gasteiger partial charge < -0.3 is 14.8 Å². The van der Waals surface area contributed by atoms with Gasteiger partial charge >= 0.3 is 5.95 Å². The van der Waals surface area contributed by atoms with E-state index in [0.717, 1.165) is 17.0 Å². The number of oxazole rings is 1. The van der Waals surface area contributed by atoms with Gasteiger partial charge in [0.25, 0.3) is 5.91 Å². The molecule has 2 aromatic heterocycles. The Morgan fingerprint density at radius 2 is 1.61 bits per heavy atom. The highest BCUT2D eigenvalue weighted by Crippen LogP contribution is 2.23. The lowest BCUT2D eigenvalue weighted by Crippen LogP contribution is -2.22. The Bertz CT molecular complexity index is 1310. The second-order valence-corrected chi connectivity index (χ2v) is 7.21. The third kappa shape index (κ3) is 5.56. The fourth-order valence-corrected chi connectivity index (χ4v) is 3.06. The number of aromatic nitrogens is 3. The van der Waals surface area contributed by atoms with Crippen molar-refractivity contribution in [1.29, 1.82) is 0 Å². The molecule has 0 aliphatic heterocycles. The molecule has 0 unspecified atom stereocenters. The van der Waals surface area contributed by atoms with Gasteiger partial charge in [0.05, 0.1) is 6.21 Å². The number of amides is 1. The van der Waals surface area contributed by atoms with E-state index in [9.17, 15) is 9.90 Å². The number of hydrogen-bond donors (Lipinski definition) is 2. The lowest BCUT2D eigenvalue weighted by atomic mass is 10.1. The van der Waals surface area contributed by atoms with Crippen molar-refractivity contribution in [3.8, 4) is 5.95 Å². The molecule has 33 heavy (non-hydrogen) atoms. The molecule has 0 bridgehead atoms. The lowest BCUT2D eigenvalue weighted by molar-refractivity contribution is 0.0973. The molecule has 0 spiro atoms. The maximum absolute atomic E-state index is 12.8. The zero-order valence-corrected chi connectivity index (χ0v) is 18.1. The van der Waals surface area contributed by atoms with E-state index < -0.39 is 5.95 Å². The van der Waals surface area contributed by atoms with Crippen molar-refractivity contribution < 1.29 is 14.3 Å². The predicted molar refractivity (Wildman–Crippen MR) is 125 cm³/mol. The van der Waals surface area contributed by atoms with Crippen LogP contribution in [0.2, 0.25) is 0 Å². The van der Waals surface area contributed by atoms with E-state index >= 15 is 0 Å². The van der Waals surface area contributed by atoms with Gasteiger partial charge in [-0.25, -0.2) is 19.9 Å². The fourth-order valence-electron chi connectivity index (χ4n) is 3.06. The SMILES string of the molecule is Cc1cc(C)nc(/N=C/c2nc(/C(=C/c3ccccc3)NC(=O)c3ccccc3)oc2O)n1. The summed E-state index contributed by atoms with van der Waals surface area (Å²) in [6.07, 6.45) is 3.02. The summed E-state index contributed by atoms with van der Waals surface area (Å²) in [7, 11) is 0. The summed E-state index contributed by atoms with van der Waals surface area (Å²) < 4.78 is 5.45. The van der Waals surface area contributed by atoms with Crippen molar-refractivity contribution in [2.75, 3.05) is 0 Å². The van der Waals surface area contributed by atoms with Crippen LogP contribution in [0.3, 0.4) is 0 Å². The van der Waals surface area contributed by atoms with Crippen LogP contribution in [0, 0.1) is 13.8 Å². The molecule has 8 heteroatoms. The van der Waals surface area contributed by atoms with Crippen LogP contribution >= 0.6 is 0 Å². The zero-order chi connectivity index (χ0) is 23.2. The maximum Gasteiger partial charge on any atom is 0.312 e. The van der Waals surface area contributed by atoms with Crippen LogP contribution in [-0.2, 0) is 0 Å². The van der Waals surface area contributed by atoms with Crippen LogP contribution < -0.4 is 5.32 Å². The average Bonchev–Trinajstić information content (AvgIpc) is 3.18. The normalized spacial score (nSPS) is 11.6. The molecule has 0 atom stereocenters. The third-order valence-corrected chi connectivity index (χ3v) is 4.53. The number of aromatic hydroxyl groups is 1. The second kappa shape index (κ2) is 9.69. The number of nitrogens with zero attached hydrogens (tertiary/aromatic N) is 4. The first-order chi connectivity index (χ1) is 16.0. The van der Waals surface area contributed by atoms with Gasteiger partial charge in [0.15, 0.2) is 5.69 Å². The summed E-state index contributed by atoms with van der Waals surface area (Å²) in [6, 6.07) is 20.0. The minimum absolute atomic E-state index is 0.0309. The Labute approximate surface area is 190 Å². The molecule has 164 valence electrons. The van der Waals surface area contributed by atoms with Gasteiger partial charge in [0, 0.05) is 17.0 Å². The van der Waals surface area contributed by atoms with Crippen molar-refractivity contribution in [3.63, 3.8) is 0 Å². The van der Waals surface area contributed by atoms with E-state index in [0.29, 0.717) is 5.56 Å². The van der Waals surface area contributed by atoms with Gasteiger partial charge in [-0.3, -0.25) is 4.79 Å². The molecule has 0 saturated carbocycles. The first-order valence-corrected chi connectivity index (χ1v) is 10.2. The number of aliphatic imine (C=N–C) groups is 1. The molecule has 0 fully saturated rings. The first-order valence-electron chi connectivity index (χ1n) is 10.2. The number of aryl methyl sites for hydroxylation is 2. The predicted octanol–water partition coefficient (Wildman–Crippen LogP) is 4.47. The number of carbonyl (C=O) groups is 1. The van der Waals surface area contributed by atoms with E-state index in [-0.39, 0.29) is 29.1 Å². The van der Waals surface area contributed by atoms with Crippen LogP contribution in [0.15, 0.2) is 76.1 Å². The monoisotopic (exact) mass is 439 g/mol. The molecule has 2 heterocycles. The molecule has 8 nitrogen and oxygen atoms in total. The van der Waals surface area contributed by atoms with Crippen LogP contribution in [-0.4, -0.2) is 32.2 Å². The first kappa shape index (κ1) is 21.6. The summed E-state index contributed by atoms with van der Waals surface area (Å²) >= 11 is 0. The van der Waals surface area contributed by atoms with Gasteiger partial charge in [0.2, 0.25) is 11.8 Å². The Kier molecular flexibility index (Phi) is 6.36. The molecule has 0 radical (unpaired) electrons. The molecular formula is C25H21N5O3. The summed E-state index contributed by atoms with van der Waals surface area (Å²) in [5, 5.41) is 13.1. The molecule has 2 aromatic carbocycles. The van der Waals surface area contributed by atoms with E-state index in [1.165, 1.54) is 6.21 Å². The highest BCUT2D eigenvalue weighted by molar-refractivity contribution is 6.01. The third-order valence-electron chi connectivity index (χ3n) is 4.53. The van der Waals surface area contributed by atoms with Crippen LogP contribution in [0.5, 0.6) is 5.95 Å². The number of carbonyl (C=O) groups excluding carboxylic acids is 1. The van der Waals surface area contributed by atoms with Gasteiger partial charge in [-0.15, -0.1) is 0 Å². The highest BCUT2D eigenvalue weighted by Gasteiger charge is 2.18.